The van der Waals surface area contributed by atoms with Crippen molar-refractivity contribution in [2.24, 2.45) is 5.92 Å². The zero-order valence-electron chi connectivity index (χ0n) is 15.6. The lowest BCUT2D eigenvalue weighted by Crippen LogP contribution is -2.46. The number of aromatic nitrogens is 1. The molecule has 1 aliphatic carbocycles. The molecule has 1 saturated carbocycles. The van der Waals surface area contributed by atoms with Crippen molar-refractivity contribution in [1.29, 1.82) is 0 Å². The Labute approximate surface area is 160 Å². The number of nitrogens with one attached hydrogen (secondary N) is 2. The molecule has 0 radical (unpaired) electrons. The average Bonchev–Trinajstić information content (AvgIpc) is 3.41. The Morgan fingerprint density at radius 3 is 2.89 bits per heavy atom. The van der Waals surface area contributed by atoms with Crippen molar-refractivity contribution in [1.82, 2.24) is 15.6 Å². The van der Waals surface area contributed by atoms with E-state index in [9.17, 15) is 4.79 Å². The minimum Gasteiger partial charge on any atom is -0.490 e. The van der Waals surface area contributed by atoms with Gasteiger partial charge in [-0.1, -0.05) is 30.3 Å². The molecule has 1 saturated heterocycles. The molecule has 1 aromatic carbocycles. The second kappa shape index (κ2) is 8.53. The van der Waals surface area contributed by atoms with Crippen molar-refractivity contribution in [2.75, 3.05) is 19.7 Å². The van der Waals surface area contributed by atoms with Crippen molar-refractivity contribution < 1.29 is 9.53 Å². The van der Waals surface area contributed by atoms with Gasteiger partial charge in [-0.25, -0.2) is 0 Å². The van der Waals surface area contributed by atoms with Gasteiger partial charge in [0.25, 0.3) is 0 Å². The van der Waals surface area contributed by atoms with E-state index in [1.165, 1.54) is 18.4 Å². The molecule has 5 heteroatoms. The first-order chi connectivity index (χ1) is 13.3. The van der Waals surface area contributed by atoms with E-state index in [0.717, 1.165) is 30.8 Å². The summed E-state index contributed by atoms with van der Waals surface area (Å²) < 4.78 is 5.85. The van der Waals surface area contributed by atoms with Gasteiger partial charge in [0.1, 0.15) is 12.4 Å². The van der Waals surface area contributed by atoms with Crippen LogP contribution in [0.4, 0.5) is 0 Å². The Morgan fingerprint density at radius 1 is 1.26 bits per heavy atom. The number of amides is 1. The second-order valence-corrected chi connectivity index (χ2v) is 7.61. The summed E-state index contributed by atoms with van der Waals surface area (Å²) >= 11 is 0. The van der Waals surface area contributed by atoms with Crippen molar-refractivity contribution >= 4 is 5.91 Å². The third-order valence-corrected chi connectivity index (χ3v) is 5.51. The predicted octanol–water partition coefficient (Wildman–Crippen LogP) is 2.67. The minimum absolute atomic E-state index is 0.0973. The highest BCUT2D eigenvalue weighted by Crippen LogP contribution is 2.49. The zero-order valence-corrected chi connectivity index (χ0v) is 15.6. The van der Waals surface area contributed by atoms with Crippen LogP contribution in [0.5, 0.6) is 5.75 Å². The molecule has 1 amide bonds. The molecular formula is C22H27N3O2. The summed E-state index contributed by atoms with van der Waals surface area (Å²) in [5, 5.41) is 6.39. The summed E-state index contributed by atoms with van der Waals surface area (Å²) in [5.41, 5.74) is 2.31. The molecule has 2 N–H and O–H groups in total. The third kappa shape index (κ3) is 5.07. The highest BCUT2D eigenvalue weighted by molar-refractivity contribution is 5.78. The molecule has 2 aliphatic rings. The molecule has 1 aliphatic heterocycles. The van der Waals surface area contributed by atoms with Gasteiger partial charge in [0, 0.05) is 18.8 Å². The zero-order chi connectivity index (χ0) is 18.5. The van der Waals surface area contributed by atoms with Crippen LogP contribution in [0.15, 0.2) is 48.8 Å². The van der Waals surface area contributed by atoms with Crippen molar-refractivity contribution in [2.45, 2.75) is 37.6 Å². The molecule has 0 bridgehead atoms. The van der Waals surface area contributed by atoms with E-state index in [0.29, 0.717) is 30.9 Å². The number of carbonyl (C=O) groups excluding carboxylic acids is 1. The van der Waals surface area contributed by atoms with Gasteiger partial charge in [-0.15, -0.1) is 0 Å². The SMILES string of the molecule is O=C(Cc1ccccc1)NCC[C@H]1C[C@@H]1c1cncc(OC[C@@H]2CCN2)c1. The van der Waals surface area contributed by atoms with Crippen molar-refractivity contribution in [3.63, 3.8) is 0 Å². The van der Waals surface area contributed by atoms with Crippen molar-refractivity contribution in [3.05, 3.63) is 59.9 Å². The number of ether oxygens (including phenoxy) is 1. The van der Waals surface area contributed by atoms with Crippen LogP contribution in [-0.2, 0) is 11.2 Å². The number of carbonyl (C=O) groups is 1. The molecule has 27 heavy (non-hydrogen) atoms. The lowest BCUT2D eigenvalue weighted by atomic mass is 10.1. The number of pyridine rings is 1. The van der Waals surface area contributed by atoms with Crippen LogP contribution < -0.4 is 15.4 Å². The van der Waals surface area contributed by atoms with Crippen LogP contribution in [0.3, 0.4) is 0 Å². The molecule has 142 valence electrons. The Kier molecular flexibility index (Phi) is 5.68. The van der Waals surface area contributed by atoms with Crippen LogP contribution in [0, 0.1) is 5.92 Å². The first-order valence-electron chi connectivity index (χ1n) is 9.89. The number of rotatable bonds is 9. The monoisotopic (exact) mass is 365 g/mol. The van der Waals surface area contributed by atoms with Crippen LogP contribution in [0.2, 0.25) is 0 Å². The van der Waals surface area contributed by atoms with E-state index < -0.39 is 0 Å². The Balaban J connectivity index is 1.18. The molecule has 2 aromatic rings. The summed E-state index contributed by atoms with van der Waals surface area (Å²) in [5.74, 6) is 2.14. The van der Waals surface area contributed by atoms with E-state index in [-0.39, 0.29) is 5.91 Å². The van der Waals surface area contributed by atoms with E-state index in [4.69, 9.17) is 4.74 Å². The molecule has 0 spiro atoms. The van der Waals surface area contributed by atoms with Gasteiger partial charge in [0.15, 0.2) is 0 Å². The largest absolute Gasteiger partial charge is 0.490 e. The van der Waals surface area contributed by atoms with E-state index in [2.05, 4.69) is 21.7 Å². The summed E-state index contributed by atoms with van der Waals surface area (Å²) in [7, 11) is 0. The van der Waals surface area contributed by atoms with E-state index in [1.807, 2.05) is 36.5 Å². The Bertz CT molecular complexity index is 761. The molecule has 1 aromatic heterocycles. The Hall–Kier alpha value is -2.40. The van der Waals surface area contributed by atoms with Crippen LogP contribution >= 0.6 is 0 Å². The fourth-order valence-electron chi connectivity index (χ4n) is 3.62. The summed E-state index contributed by atoms with van der Waals surface area (Å²) in [4.78, 5) is 16.4. The fraction of sp³-hybridized carbons (Fsp3) is 0.455. The third-order valence-electron chi connectivity index (χ3n) is 5.51. The average molecular weight is 365 g/mol. The van der Waals surface area contributed by atoms with Crippen LogP contribution in [0.1, 0.15) is 36.3 Å². The first-order valence-corrected chi connectivity index (χ1v) is 9.89. The number of nitrogens with zero attached hydrogens (tertiary/aromatic N) is 1. The maximum atomic E-state index is 12.0. The van der Waals surface area contributed by atoms with Gasteiger partial charge in [0.05, 0.1) is 12.6 Å². The molecule has 4 rings (SSSR count). The summed E-state index contributed by atoms with van der Waals surface area (Å²) in [6.45, 7) is 2.55. The highest BCUT2D eigenvalue weighted by atomic mass is 16.5. The first kappa shape index (κ1) is 18.0. The number of hydrogen-bond donors (Lipinski definition) is 2. The molecule has 2 heterocycles. The van der Waals surface area contributed by atoms with E-state index in [1.54, 1.807) is 6.20 Å². The minimum atomic E-state index is 0.0973. The highest BCUT2D eigenvalue weighted by Gasteiger charge is 2.38. The quantitative estimate of drug-likeness (QED) is 0.717. The van der Waals surface area contributed by atoms with Crippen LogP contribution in [-0.4, -0.2) is 36.6 Å². The van der Waals surface area contributed by atoms with Gasteiger partial charge in [-0.3, -0.25) is 9.78 Å². The topological polar surface area (TPSA) is 63.2 Å². The van der Waals surface area contributed by atoms with Gasteiger partial charge in [-0.2, -0.15) is 0 Å². The second-order valence-electron chi connectivity index (χ2n) is 7.61. The normalized spacial score (nSPS) is 23.3. The van der Waals surface area contributed by atoms with Gasteiger partial charge in [-0.05, 0) is 54.8 Å². The predicted molar refractivity (Wildman–Crippen MR) is 105 cm³/mol. The Morgan fingerprint density at radius 2 is 2.11 bits per heavy atom. The molecule has 2 fully saturated rings. The van der Waals surface area contributed by atoms with Crippen molar-refractivity contribution in [3.8, 4) is 5.75 Å². The molecule has 0 unspecified atom stereocenters. The molecule has 3 atom stereocenters. The number of benzene rings is 1. The summed E-state index contributed by atoms with van der Waals surface area (Å²) in [6, 6.07) is 12.5. The maximum absolute atomic E-state index is 12.0. The van der Waals surface area contributed by atoms with Gasteiger partial charge >= 0.3 is 0 Å². The fourth-order valence-corrected chi connectivity index (χ4v) is 3.62. The molecule has 5 nitrogen and oxygen atoms in total. The molecular weight excluding hydrogens is 338 g/mol. The van der Waals surface area contributed by atoms with Gasteiger partial charge in [0.2, 0.25) is 5.91 Å². The van der Waals surface area contributed by atoms with Gasteiger partial charge < -0.3 is 15.4 Å². The standard InChI is InChI=1S/C22H27N3O2/c26-22(10-16-4-2-1-3-5-16)25-8-6-17-12-21(17)18-11-20(14-23-13-18)27-15-19-7-9-24-19/h1-5,11,13-14,17,19,21,24H,6-10,12,15H2,(H,25,26)/t17-,19-,21-/m0/s1. The smallest absolute Gasteiger partial charge is 0.224 e. The number of hydrogen-bond acceptors (Lipinski definition) is 4. The maximum Gasteiger partial charge on any atom is 0.224 e. The van der Waals surface area contributed by atoms with E-state index >= 15 is 0 Å². The lowest BCUT2D eigenvalue weighted by Gasteiger charge is -2.27. The lowest BCUT2D eigenvalue weighted by molar-refractivity contribution is -0.120. The van der Waals surface area contributed by atoms with Crippen LogP contribution in [0.25, 0.3) is 0 Å². The summed E-state index contributed by atoms with van der Waals surface area (Å²) in [6.07, 6.45) is 7.57.